The van der Waals surface area contributed by atoms with Crippen LogP contribution in [-0.4, -0.2) is 24.7 Å². The quantitative estimate of drug-likeness (QED) is 0.169. The fourth-order valence-electron chi connectivity index (χ4n) is 4.71. The van der Waals surface area contributed by atoms with Crippen molar-refractivity contribution in [2.45, 2.75) is 25.4 Å². The molecule has 0 unspecified atom stereocenters. The third-order valence-electron chi connectivity index (χ3n) is 6.91. The van der Waals surface area contributed by atoms with Gasteiger partial charge >= 0.3 is 6.18 Å². The Bertz CT molecular complexity index is 1910. The summed E-state index contributed by atoms with van der Waals surface area (Å²) >= 11 is 0. The Morgan fingerprint density at radius 2 is 1.30 bits per heavy atom. The topological polar surface area (TPSA) is 56.5 Å². The van der Waals surface area contributed by atoms with E-state index < -0.39 is 29.2 Å². The van der Waals surface area contributed by atoms with Crippen LogP contribution in [0.4, 0.5) is 22.0 Å². The maximum atomic E-state index is 14.8. The summed E-state index contributed by atoms with van der Waals surface area (Å²) in [7, 11) is 0. The molecule has 0 atom stereocenters. The molecule has 200 valence electrons. The van der Waals surface area contributed by atoms with E-state index >= 15 is 0 Å². The Balaban J connectivity index is 1.57. The van der Waals surface area contributed by atoms with Gasteiger partial charge in [-0.3, -0.25) is 4.98 Å². The summed E-state index contributed by atoms with van der Waals surface area (Å²) in [5.41, 5.74) is -0.569. The van der Waals surface area contributed by atoms with Gasteiger partial charge in [0.05, 0.1) is 22.6 Å². The van der Waals surface area contributed by atoms with Gasteiger partial charge in [0.2, 0.25) is 11.9 Å². The normalized spacial score (nSPS) is 12.4. The van der Waals surface area contributed by atoms with Crippen molar-refractivity contribution >= 4 is 21.5 Å². The Morgan fingerprint density at radius 1 is 0.675 bits per heavy atom. The molecule has 0 bridgehead atoms. The van der Waals surface area contributed by atoms with Crippen LogP contribution in [0.1, 0.15) is 30.9 Å². The van der Waals surface area contributed by atoms with Crippen LogP contribution in [0.3, 0.4) is 0 Å². The molecule has 0 aliphatic rings. The lowest BCUT2D eigenvalue weighted by Crippen LogP contribution is -2.23. The van der Waals surface area contributed by atoms with Crippen molar-refractivity contribution < 1.29 is 22.0 Å². The minimum absolute atomic E-state index is 0.0404. The van der Waals surface area contributed by atoms with Crippen molar-refractivity contribution in [2.24, 2.45) is 0 Å². The average molecular weight is 546 g/mol. The van der Waals surface area contributed by atoms with Crippen LogP contribution in [0.5, 0.6) is 0 Å². The number of halogens is 5. The minimum Gasteiger partial charge on any atom is -0.251 e. The summed E-state index contributed by atoms with van der Waals surface area (Å²) in [4.78, 5) is 12.9. The predicted octanol–water partition coefficient (Wildman–Crippen LogP) is 7.65. The highest BCUT2D eigenvalue weighted by Gasteiger charge is 2.34. The Morgan fingerprint density at radius 3 is 1.95 bits per heavy atom. The van der Waals surface area contributed by atoms with Gasteiger partial charge in [0.25, 0.3) is 0 Å². The lowest BCUT2D eigenvalue weighted by Gasteiger charge is -2.26. The molecule has 0 aliphatic heterocycles. The highest BCUT2D eigenvalue weighted by molar-refractivity contribution is 5.95. The molecule has 0 saturated carbocycles. The van der Waals surface area contributed by atoms with Gasteiger partial charge in [-0.2, -0.15) is 32.0 Å². The van der Waals surface area contributed by atoms with Gasteiger partial charge in [0.1, 0.15) is 0 Å². The number of fused-ring (bicyclic) bond motifs is 2. The van der Waals surface area contributed by atoms with E-state index in [1.54, 1.807) is 24.3 Å². The van der Waals surface area contributed by atoms with Crippen molar-refractivity contribution in [3.05, 3.63) is 114 Å². The number of rotatable bonds is 4. The second kappa shape index (κ2) is 9.18. The van der Waals surface area contributed by atoms with E-state index in [4.69, 9.17) is 9.97 Å². The summed E-state index contributed by atoms with van der Waals surface area (Å²) in [6.45, 7) is 3.75. The van der Waals surface area contributed by atoms with Gasteiger partial charge in [-0.25, -0.2) is 9.67 Å². The number of hydrogen-bond acceptors (Lipinski definition) is 4. The smallest absolute Gasteiger partial charge is 0.251 e. The van der Waals surface area contributed by atoms with E-state index in [0.717, 1.165) is 27.6 Å². The van der Waals surface area contributed by atoms with Crippen LogP contribution < -0.4 is 0 Å². The number of hydrogen-bond donors (Lipinski definition) is 0. The highest BCUT2D eigenvalue weighted by Crippen LogP contribution is 2.37. The Kier molecular flexibility index (Phi) is 5.86. The van der Waals surface area contributed by atoms with Crippen molar-refractivity contribution in [2.75, 3.05) is 0 Å². The van der Waals surface area contributed by atoms with Crippen LogP contribution in [0.25, 0.3) is 38.6 Å². The SMILES string of the molecule is CC(C)(c1cc2ccccc2c(-c2ccc(F)nc2F)n1)c1cc2ccccc2c(-n2ccc(C(F)(F)F)n2)n1. The molecule has 0 aliphatic carbocycles. The van der Waals surface area contributed by atoms with Gasteiger partial charge < -0.3 is 0 Å². The fraction of sp³-hybridized carbons (Fsp3) is 0.133. The van der Waals surface area contributed by atoms with E-state index in [1.807, 2.05) is 50.2 Å². The first-order valence-electron chi connectivity index (χ1n) is 12.3. The number of benzene rings is 2. The molecule has 6 aromatic rings. The molecule has 0 N–H and O–H groups in total. The Labute approximate surface area is 225 Å². The standard InChI is InChI=1S/C30H20F5N5/c1-29(2,23-15-17-7-3-5-9-19(17)26(36-23)21-11-12-25(31)38-27(21)32)24-16-18-8-4-6-10-20(18)28(37-24)40-14-13-22(39-40)30(33,34)35/h3-16H,1-2H3. The van der Waals surface area contributed by atoms with Crippen LogP contribution in [0, 0.1) is 11.9 Å². The molecule has 0 fully saturated rings. The maximum absolute atomic E-state index is 14.8. The molecule has 10 heteroatoms. The van der Waals surface area contributed by atoms with Gasteiger partial charge in [-0.05, 0) is 55.0 Å². The van der Waals surface area contributed by atoms with E-state index in [1.165, 1.54) is 12.3 Å². The molecule has 0 spiro atoms. The summed E-state index contributed by atoms with van der Waals surface area (Å²) < 4.78 is 69.5. The largest absolute Gasteiger partial charge is 0.435 e. The zero-order valence-electron chi connectivity index (χ0n) is 21.2. The lowest BCUT2D eigenvalue weighted by atomic mass is 9.83. The fourth-order valence-corrected chi connectivity index (χ4v) is 4.71. The molecular weight excluding hydrogens is 525 g/mol. The molecule has 5 nitrogen and oxygen atoms in total. The Hall–Kier alpha value is -4.73. The van der Waals surface area contributed by atoms with Crippen LogP contribution in [0.2, 0.25) is 0 Å². The van der Waals surface area contributed by atoms with E-state index in [0.29, 0.717) is 22.2 Å². The molecule has 40 heavy (non-hydrogen) atoms. The number of aromatic nitrogens is 5. The predicted molar refractivity (Wildman–Crippen MR) is 141 cm³/mol. The van der Waals surface area contributed by atoms with Gasteiger partial charge in [0, 0.05) is 22.4 Å². The number of nitrogens with zero attached hydrogens (tertiary/aromatic N) is 5. The van der Waals surface area contributed by atoms with E-state index in [-0.39, 0.29) is 17.1 Å². The zero-order chi connectivity index (χ0) is 28.2. The molecule has 4 aromatic heterocycles. The van der Waals surface area contributed by atoms with Crippen LogP contribution >= 0.6 is 0 Å². The van der Waals surface area contributed by atoms with Crippen molar-refractivity contribution in [1.29, 1.82) is 0 Å². The number of pyridine rings is 3. The van der Waals surface area contributed by atoms with Crippen molar-refractivity contribution in [1.82, 2.24) is 24.7 Å². The van der Waals surface area contributed by atoms with Crippen molar-refractivity contribution in [3.63, 3.8) is 0 Å². The van der Waals surface area contributed by atoms with Crippen molar-refractivity contribution in [3.8, 4) is 17.1 Å². The highest BCUT2D eigenvalue weighted by atomic mass is 19.4. The van der Waals surface area contributed by atoms with E-state index in [9.17, 15) is 22.0 Å². The molecule has 6 rings (SSSR count). The summed E-state index contributed by atoms with van der Waals surface area (Å²) in [5.74, 6) is -1.70. The maximum Gasteiger partial charge on any atom is 0.435 e. The van der Waals surface area contributed by atoms with Crippen LogP contribution in [-0.2, 0) is 11.6 Å². The lowest BCUT2D eigenvalue weighted by molar-refractivity contribution is -0.141. The van der Waals surface area contributed by atoms with Gasteiger partial charge in [-0.15, -0.1) is 0 Å². The second-order valence-corrected chi connectivity index (χ2v) is 9.87. The first kappa shape index (κ1) is 25.5. The molecular formula is C30H20F5N5. The summed E-state index contributed by atoms with van der Waals surface area (Å²) in [6.07, 6.45) is -3.38. The summed E-state index contributed by atoms with van der Waals surface area (Å²) in [5, 5.41) is 6.52. The third-order valence-corrected chi connectivity index (χ3v) is 6.91. The molecule has 0 saturated heterocycles. The molecule has 4 heterocycles. The average Bonchev–Trinajstić information content (AvgIpc) is 3.43. The summed E-state index contributed by atoms with van der Waals surface area (Å²) in [6, 6.07) is 21.5. The first-order chi connectivity index (χ1) is 19.0. The monoisotopic (exact) mass is 545 g/mol. The van der Waals surface area contributed by atoms with E-state index in [2.05, 4.69) is 10.1 Å². The zero-order valence-corrected chi connectivity index (χ0v) is 21.2. The number of alkyl halides is 3. The third kappa shape index (κ3) is 4.35. The second-order valence-electron chi connectivity index (χ2n) is 9.87. The van der Waals surface area contributed by atoms with Gasteiger partial charge in [-0.1, -0.05) is 48.5 Å². The van der Waals surface area contributed by atoms with Gasteiger partial charge in [0.15, 0.2) is 11.5 Å². The molecule has 2 aromatic carbocycles. The molecule has 0 radical (unpaired) electrons. The van der Waals surface area contributed by atoms with Crippen LogP contribution in [0.15, 0.2) is 85.1 Å². The minimum atomic E-state index is -4.60. The molecule has 0 amide bonds. The first-order valence-corrected chi connectivity index (χ1v) is 12.3.